The van der Waals surface area contributed by atoms with Crippen molar-refractivity contribution in [1.29, 1.82) is 0 Å². The molecule has 0 bridgehead atoms. The fourth-order valence-electron chi connectivity index (χ4n) is 3.71. The standard InChI is InChI=1S/C25H19ClFN3O2/c1-25(19-8-4-3-5-9-19)15-22(31)30(24(32)29(25)2)23-20(26)13-18(14-21(23)27)11-10-17-7-6-12-28-16-17/h3-9,12-14,16H,15H2,1-2H3/t25-/m0/s1. The van der Waals surface area contributed by atoms with Crippen LogP contribution in [0.25, 0.3) is 0 Å². The summed E-state index contributed by atoms with van der Waals surface area (Å²) >= 11 is 6.33. The minimum atomic E-state index is -0.857. The topological polar surface area (TPSA) is 53.5 Å². The van der Waals surface area contributed by atoms with Crippen LogP contribution in [0.1, 0.15) is 30.0 Å². The van der Waals surface area contributed by atoms with Crippen molar-refractivity contribution in [3.63, 3.8) is 0 Å². The summed E-state index contributed by atoms with van der Waals surface area (Å²) in [5.41, 5.74) is 0.673. The Labute approximate surface area is 190 Å². The fraction of sp³-hybridized carbons (Fsp3) is 0.160. The van der Waals surface area contributed by atoms with Gasteiger partial charge in [0.2, 0.25) is 5.91 Å². The molecule has 32 heavy (non-hydrogen) atoms. The summed E-state index contributed by atoms with van der Waals surface area (Å²) in [6, 6.07) is 14.7. The minimum Gasteiger partial charge on any atom is -0.317 e. The molecule has 0 saturated carbocycles. The van der Waals surface area contributed by atoms with Crippen molar-refractivity contribution in [2.24, 2.45) is 0 Å². The third-order valence-corrected chi connectivity index (χ3v) is 5.90. The SMILES string of the molecule is CN1C(=O)N(c2c(F)cc(C#Cc3cccnc3)cc2Cl)C(=O)C[C@@]1(C)c1ccccc1. The molecule has 0 spiro atoms. The molecule has 0 radical (unpaired) electrons. The summed E-state index contributed by atoms with van der Waals surface area (Å²) in [7, 11) is 1.59. The molecule has 0 N–H and O–H groups in total. The first kappa shape index (κ1) is 21.5. The Morgan fingerprint density at radius 3 is 2.44 bits per heavy atom. The summed E-state index contributed by atoms with van der Waals surface area (Å²) in [4.78, 5) is 32.5. The number of hydrogen-bond acceptors (Lipinski definition) is 3. The molecular weight excluding hydrogens is 429 g/mol. The number of halogens is 2. The van der Waals surface area contributed by atoms with Crippen LogP contribution in [0.2, 0.25) is 5.02 Å². The Bertz CT molecular complexity index is 1230. The predicted octanol–water partition coefficient (Wildman–Crippen LogP) is 4.98. The van der Waals surface area contributed by atoms with Gasteiger partial charge in [-0.25, -0.2) is 14.1 Å². The van der Waals surface area contributed by atoms with Crippen molar-refractivity contribution < 1.29 is 14.0 Å². The second kappa shape index (κ2) is 8.45. The zero-order valence-electron chi connectivity index (χ0n) is 17.5. The van der Waals surface area contributed by atoms with Crippen LogP contribution in [-0.4, -0.2) is 28.9 Å². The molecule has 2 aromatic carbocycles. The van der Waals surface area contributed by atoms with Crippen LogP contribution in [0.4, 0.5) is 14.9 Å². The van der Waals surface area contributed by atoms with Gasteiger partial charge in [0.15, 0.2) is 0 Å². The second-order valence-electron chi connectivity index (χ2n) is 7.67. The number of hydrogen-bond donors (Lipinski definition) is 0. The van der Waals surface area contributed by atoms with Crippen LogP contribution in [0.15, 0.2) is 67.0 Å². The van der Waals surface area contributed by atoms with Crippen molar-refractivity contribution >= 4 is 29.2 Å². The lowest BCUT2D eigenvalue weighted by molar-refractivity contribution is -0.122. The van der Waals surface area contributed by atoms with Crippen LogP contribution >= 0.6 is 11.6 Å². The van der Waals surface area contributed by atoms with Gasteiger partial charge in [-0.2, -0.15) is 0 Å². The van der Waals surface area contributed by atoms with Gasteiger partial charge < -0.3 is 4.90 Å². The van der Waals surface area contributed by atoms with Gasteiger partial charge in [-0.15, -0.1) is 0 Å². The van der Waals surface area contributed by atoms with E-state index in [1.807, 2.05) is 37.3 Å². The molecule has 1 aliphatic rings. The normalized spacial score (nSPS) is 18.4. The number of rotatable bonds is 2. The highest BCUT2D eigenvalue weighted by Gasteiger charge is 2.47. The van der Waals surface area contributed by atoms with E-state index in [1.54, 1.807) is 31.6 Å². The van der Waals surface area contributed by atoms with Gasteiger partial charge in [0, 0.05) is 30.6 Å². The van der Waals surface area contributed by atoms with E-state index in [0.717, 1.165) is 16.5 Å². The van der Waals surface area contributed by atoms with Gasteiger partial charge >= 0.3 is 6.03 Å². The number of carbonyl (C=O) groups excluding carboxylic acids is 2. The lowest BCUT2D eigenvalue weighted by Gasteiger charge is -2.46. The zero-order valence-corrected chi connectivity index (χ0v) is 18.2. The average Bonchev–Trinajstić information content (AvgIpc) is 2.79. The van der Waals surface area contributed by atoms with Crippen LogP contribution in [0.3, 0.4) is 0 Å². The summed E-state index contributed by atoms with van der Waals surface area (Å²) in [6.07, 6.45) is 3.20. The third kappa shape index (κ3) is 3.83. The quantitative estimate of drug-likeness (QED) is 0.521. The van der Waals surface area contributed by atoms with Crippen molar-refractivity contribution in [1.82, 2.24) is 9.88 Å². The molecule has 4 rings (SSSR count). The van der Waals surface area contributed by atoms with Gasteiger partial charge in [0.05, 0.1) is 17.0 Å². The number of amides is 3. The lowest BCUT2D eigenvalue weighted by atomic mass is 9.85. The first-order valence-electron chi connectivity index (χ1n) is 9.88. The van der Waals surface area contributed by atoms with E-state index in [0.29, 0.717) is 11.1 Å². The minimum absolute atomic E-state index is 0.0163. The van der Waals surface area contributed by atoms with E-state index in [4.69, 9.17) is 11.6 Å². The summed E-state index contributed by atoms with van der Waals surface area (Å²) in [6.45, 7) is 1.81. The molecule has 3 aromatic rings. The molecule has 0 unspecified atom stereocenters. The van der Waals surface area contributed by atoms with Crippen LogP contribution in [0, 0.1) is 17.7 Å². The Kier molecular flexibility index (Phi) is 5.68. The number of imide groups is 1. The Morgan fingerprint density at radius 1 is 1.06 bits per heavy atom. The Hall–Kier alpha value is -3.69. The fourth-order valence-corrected chi connectivity index (χ4v) is 4.00. The maximum absolute atomic E-state index is 15.1. The van der Waals surface area contributed by atoms with Crippen molar-refractivity contribution in [2.45, 2.75) is 18.9 Å². The molecule has 5 nitrogen and oxygen atoms in total. The number of carbonyl (C=O) groups is 2. The number of urea groups is 1. The highest BCUT2D eigenvalue weighted by Crippen LogP contribution is 2.40. The molecule has 0 aliphatic carbocycles. The van der Waals surface area contributed by atoms with Crippen molar-refractivity contribution in [3.05, 3.63) is 94.5 Å². The van der Waals surface area contributed by atoms with Gasteiger partial charge in [-0.05, 0) is 36.8 Å². The summed E-state index contributed by atoms with van der Waals surface area (Å²) in [5.74, 6) is 4.37. The van der Waals surface area contributed by atoms with E-state index in [9.17, 15) is 9.59 Å². The number of aromatic nitrogens is 1. The highest BCUT2D eigenvalue weighted by atomic mass is 35.5. The molecule has 1 aliphatic heterocycles. The maximum Gasteiger partial charge on any atom is 0.331 e. The molecular formula is C25H19ClFN3O2. The molecule has 1 aromatic heterocycles. The Morgan fingerprint density at radius 2 is 1.78 bits per heavy atom. The molecule has 2 heterocycles. The van der Waals surface area contributed by atoms with Crippen molar-refractivity contribution in [2.75, 3.05) is 11.9 Å². The van der Waals surface area contributed by atoms with E-state index in [1.165, 1.54) is 11.0 Å². The lowest BCUT2D eigenvalue weighted by Crippen LogP contribution is -2.60. The first-order valence-corrected chi connectivity index (χ1v) is 10.3. The monoisotopic (exact) mass is 447 g/mol. The van der Waals surface area contributed by atoms with E-state index in [2.05, 4.69) is 16.8 Å². The van der Waals surface area contributed by atoms with Gasteiger partial charge in [-0.1, -0.05) is 53.8 Å². The van der Waals surface area contributed by atoms with E-state index >= 15 is 4.39 Å². The average molecular weight is 448 g/mol. The molecule has 1 saturated heterocycles. The van der Waals surface area contributed by atoms with Gasteiger partial charge in [0.25, 0.3) is 0 Å². The second-order valence-corrected chi connectivity index (χ2v) is 8.07. The van der Waals surface area contributed by atoms with Crippen LogP contribution in [0.5, 0.6) is 0 Å². The number of nitrogens with zero attached hydrogens (tertiary/aromatic N) is 3. The number of pyridine rings is 1. The molecule has 3 amide bonds. The molecule has 7 heteroatoms. The van der Waals surface area contributed by atoms with Gasteiger partial charge in [-0.3, -0.25) is 9.78 Å². The van der Waals surface area contributed by atoms with Crippen LogP contribution < -0.4 is 4.90 Å². The van der Waals surface area contributed by atoms with Crippen LogP contribution in [-0.2, 0) is 10.3 Å². The summed E-state index contributed by atoms with van der Waals surface area (Å²) in [5, 5.41) is -0.0705. The molecule has 1 atom stereocenters. The smallest absolute Gasteiger partial charge is 0.317 e. The largest absolute Gasteiger partial charge is 0.331 e. The third-order valence-electron chi connectivity index (χ3n) is 5.61. The van der Waals surface area contributed by atoms with E-state index < -0.39 is 23.3 Å². The summed E-state index contributed by atoms with van der Waals surface area (Å²) < 4.78 is 15.1. The predicted molar refractivity (Wildman–Crippen MR) is 121 cm³/mol. The van der Waals surface area contributed by atoms with E-state index in [-0.39, 0.29) is 17.1 Å². The van der Waals surface area contributed by atoms with Gasteiger partial charge in [0.1, 0.15) is 11.5 Å². The highest BCUT2D eigenvalue weighted by molar-refractivity contribution is 6.35. The molecule has 1 fully saturated rings. The first-order chi connectivity index (χ1) is 15.3. The zero-order chi connectivity index (χ0) is 22.9. The number of anilines is 1. The number of benzene rings is 2. The molecule has 160 valence electrons. The Balaban J connectivity index is 1.68. The van der Waals surface area contributed by atoms with Crippen molar-refractivity contribution in [3.8, 4) is 11.8 Å². The maximum atomic E-state index is 15.1.